The van der Waals surface area contributed by atoms with Gasteiger partial charge in [0.25, 0.3) is 0 Å². The number of nitrogens with zero attached hydrogens (tertiary/aromatic N) is 2. The van der Waals surface area contributed by atoms with Gasteiger partial charge >= 0.3 is 0 Å². The van der Waals surface area contributed by atoms with E-state index in [0.29, 0.717) is 19.7 Å². The van der Waals surface area contributed by atoms with Crippen molar-refractivity contribution in [2.24, 2.45) is 4.99 Å². The molecule has 140 valence electrons. The molecule has 0 amide bonds. The quantitative estimate of drug-likeness (QED) is 0.601. The van der Waals surface area contributed by atoms with Gasteiger partial charge in [-0.1, -0.05) is 12.1 Å². The van der Waals surface area contributed by atoms with Crippen LogP contribution in [0.5, 0.6) is 5.75 Å². The van der Waals surface area contributed by atoms with Crippen molar-refractivity contribution in [2.75, 3.05) is 20.3 Å². The Labute approximate surface area is 158 Å². The first kappa shape index (κ1) is 18.7. The molecule has 1 saturated heterocycles. The van der Waals surface area contributed by atoms with Crippen LogP contribution in [0.15, 0.2) is 28.7 Å². The molecule has 1 unspecified atom stereocenters. The minimum absolute atomic E-state index is 0.141. The van der Waals surface area contributed by atoms with Gasteiger partial charge in [0.05, 0.1) is 31.0 Å². The first-order valence-electron chi connectivity index (χ1n) is 8.83. The van der Waals surface area contributed by atoms with Gasteiger partial charge in [-0.25, -0.2) is 4.98 Å². The third-order valence-electron chi connectivity index (χ3n) is 4.34. The molecule has 1 aliphatic rings. The van der Waals surface area contributed by atoms with Crippen LogP contribution in [-0.2, 0) is 17.8 Å². The number of benzene rings is 1. The summed E-state index contributed by atoms with van der Waals surface area (Å²) in [4.78, 5) is 9.79. The highest BCUT2D eigenvalue weighted by Gasteiger charge is 2.18. The minimum atomic E-state index is 0.141. The van der Waals surface area contributed by atoms with E-state index in [1.165, 1.54) is 10.4 Å². The minimum Gasteiger partial charge on any atom is -0.488 e. The number of aromatic nitrogens is 1. The van der Waals surface area contributed by atoms with Crippen molar-refractivity contribution in [3.05, 3.63) is 45.4 Å². The highest BCUT2D eigenvalue weighted by atomic mass is 32.1. The van der Waals surface area contributed by atoms with Crippen molar-refractivity contribution in [2.45, 2.75) is 39.5 Å². The number of rotatable bonds is 6. The molecule has 2 aromatic rings. The number of aliphatic imine (C=N–C) groups is 1. The number of ether oxygens (including phenoxy) is 2. The summed E-state index contributed by atoms with van der Waals surface area (Å²) in [5.41, 5.74) is 5.22. The van der Waals surface area contributed by atoms with E-state index in [9.17, 15) is 0 Å². The van der Waals surface area contributed by atoms with Gasteiger partial charge in [-0.2, -0.15) is 0 Å². The second-order valence-electron chi connectivity index (χ2n) is 6.35. The maximum atomic E-state index is 6.16. The molecule has 0 bridgehead atoms. The van der Waals surface area contributed by atoms with Crippen molar-refractivity contribution in [3.8, 4) is 5.75 Å². The molecule has 1 aromatic heterocycles. The maximum absolute atomic E-state index is 6.16. The first-order chi connectivity index (χ1) is 12.7. The molecule has 7 heteroatoms. The Morgan fingerprint density at radius 2 is 2.19 bits per heavy atom. The molecule has 1 aliphatic heterocycles. The van der Waals surface area contributed by atoms with Gasteiger partial charge < -0.3 is 20.1 Å². The Kier molecular flexibility index (Phi) is 6.46. The van der Waals surface area contributed by atoms with Crippen LogP contribution < -0.4 is 15.4 Å². The maximum Gasteiger partial charge on any atom is 0.191 e. The van der Waals surface area contributed by atoms with Gasteiger partial charge in [0.15, 0.2) is 5.96 Å². The molecule has 6 nitrogen and oxygen atoms in total. The molecule has 26 heavy (non-hydrogen) atoms. The van der Waals surface area contributed by atoms with Gasteiger partial charge in [0.1, 0.15) is 11.9 Å². The summed E-state index contributed by atoms with van der Waals surface area (Å²) in [6.07, 6.45) is 1.08. The van der Waals surface area contributed by atoms with Crippen LogP contribution in [0, 0.1) is 13.8 Å². The molecule has 1 atom stereocenters. The number of aryl methyl sites for hydroxylation is 2. The number of thiazole rings is 1. The number of guanidine groups is 1. The Balaban J connectivity index is 1.59. The van der Waals surface area contributed by atoms with Gasteiger partial charge in [0, 0.05) is 30.5 Å². The Morgan fingerprint density at radius 3 is 2.88 bits per heavy atom. The van der Waals surface area contributed by atoms with Crippen LogP contribution in [-0.4, -0.2) is 37.3 Å². The number of hydrogen-bond donors (Lipinski definition) is 2. The molecule has 0 aliphatic carbocycles. The van der Waals surface area contributed by atoms with E-state index < -0.39 is 0 Å². The Hall–Kier alpha value is -2.12. The lowest BCUT2D eigenvalue weighted by Gasteiger charge is -2.18. The van der Waals surface area contributed by atoms with E-state index in [4.69, 9.17) is 9.47 Å². The largest absolute Gasteiger partial charge is 0.488 e. The first-order valence-corrected chi connectivity index (χ1v) is 9.71. The molecular formula is C19H26N4O2S. The summed E-state index contributed by atoms with van der Waals surface area (Å²) in [6.45, 7) is 6.90. The van der Waals surface area contributed by atoms with Crippen molar-refractivity contribution in [3.63, 3.8) is 0 Å². The summed E-state index contributed by atoms with van der Waals surface area (Å²) in [7, 11) is 1.78. The van der Waals surface area contributed by atoms with Crippen molar-refractivity contribution in [1.29, 1.82) is 0 Å². The molecule has 2 heterocycles. The standard InChI is InChI=1S/C19H26N4O2S/c1-13-4-5-15(17(8-13)25-16-6-7-24-11-16)9-21-19(20-3)22-10-18-14(2)23-12-26-18/h4-5,8,12,16H,6-7,9-11H2,1-3H3,(H2,20,21,22). The number of nitrogens with one attached hydrogen (secondary N) is 2. The third kappa shape index (κ3) is 4.95. The molecule has 0 saturated carbocycles. The zero-order chi connectivity index (χ0) is 18.4. The summed E-state index contributed by atoms with van der Waals surface area (Å²) in [5.74, 6) is 1.68. The molecule has 2 N–H and O–H groups in total. The molecule has 1 fully saturated rings. The molecule has 0 spiro atoms. The summed E-state index contributed by atoms with van der Waals surface area (Å²) < 4.78 is 11.6. The summed E-state index contributed by atoms with van der Waals surface area (Å²) in [5, 5.41) is 6.70. The van der Waals surface area contributed by atoms with E-state index >= 15 is 0 Å². The average Bonchev–Trinajstić information content (AvgIpc) is 3.28. The molecule has 3 rings (SSSR count). The highest BCUT2D eigenvalue weighted by Crippen LogP contribution is 2.23. The van der Waals surface area contributed by atoms with E-state index in [1.807, 2.05) is 12.4 Å². The Bertz CT molecular complexity index is 754. The Morgan fingerprint density at radius 1 is 1.35 bits per heavy atom. The van der Waals surface area contributed by atoms with Gasteiger partial charge in [0.2, 0.25) is 0 Å². The lowest BCUT2D eigenvalue weighted by Crippen LogP contribution is -2.36. The summed E-state index contributed by atoms with van der Waals surface area (Å²) >= 11 is 1.65. The smallest absolute Gasteiger partial charge is 0.191 e. The molecular weight excluding hydrogens is 348 g/mol. The monoisotopic (exact) mass is 374 g/mol. The fourth-order valence-corrected chi connectivity index (χ4v) is 3.48. The lowest BCUT2D eigenvalue weighted by atomic mass is 10.1. The van der Waals surface area contributed by atoms with Crippen molar-refractivity contribution >= 4 is 17.3 Å². The van der Waals surface area contributed by atoms with E-state index in [0.717, 1.165) is 36.0 Å². The van der Waals surface area contributed by atoms with Gasteiger partial charge in [-0.15, -0.1) is 11.3 Å². The van der Waals surface area contributed by atoms with Crippen LogP contribution >= 0.6 is 11.3 Å². The van der Waals surface area contributed by atoms with Crippen LogP contribution in [0.2, 0.25) is 0 Å². The van der Waals surface area contributed by atoms with Crippen LogP contribution in [0.25, 0.3) is 0 Å². The second kappa shape index (κ2) is 9.00. The fourth-order valence-electron chi connectivity index (χ4n) is 2.76. The normalized spacial score (nSPS) is 17.3. The lowest BCUT2D eigenvalue weighted by molar-refractivity contribution is 0.140. The zero-order valence-corrected chi connectivity index (χ0v) is 16.4. The van der Waals surface area contributed by atoms with E-state index in [2.05, 4.69) is 45.7 Å². The number of hydrogen-bond acceptors (Lipinski definition) is 5. The summed E-state index contributed by atoms with van der Waals surface area (Å²) in [6, 6.07) is 6.30. The van der Waals surface area contributed by atoms with Gasteiger partial charge in [-0.3, -0.25) is 4.99 Å². The zero-order valence-electron chi connectivity index (χ0n) is 15.5. The fraction of sp³-hybridized carbons (Fsp3) is 0.474. The van der Waals surface area contributed by atoms with Crippen LogP contribution in [0.1, 0.15) is 28.1 Å². The average molecular weight is 375 g/mol. The van der Waals surface area contributed by atoms with Crippen molar-refractivity contribution < 1.29 is 9.47 Å². The topological polar surface area (TPSA) is 67.8 Å². The third-order valence-corrected chi connectivity index (χ3v) is 5.27. The van der Waals surface area contributed by atoms with Crippen molar-refractivity contribution in [1.82, 2.24) is 15.6 Å². The second-order valence-corrected chi connectivity index (χ2v) is 7.29. The van der Waals surface area contributed by atoms with Crippen LogP contribution in [0.3, 0.4) is 0 Å². The predicted octanol–water partition coefficient (Wildman–Crippen LogP) is 2.79. The van der Waals surface area contributed by atoms with E-state index in [1.54, 1.807) is 18.4 Å². The van der Waals surface area contributed by atoms with Gasteiger partial charge in [-0.05, 0) is 25.5 Å². The highest BCUT2D eigenvalue weighted by molar-refractivity contribution is 7.09. The molecule has 1 aromatic carbocycles. The molecule has 0 radical (unpaired) electrons. The van der Waals surface area contributed by atoms with Crippen LogP contribution in [0.4, 0.5) is 0 Å². The predicted molar refractivity (Wildman–Crippen MR) is 105 cm³/mol. The SMILES string of the molecule is CN=C(NCc1ccc(C)cc1OC1CCOC1)NCc1scnc1C. The van der Waals surface area contributed by atoms with E-state index in [-0.39, 0.29) is 6.10 Å².